The maximum absolute atomic E-state index is 13.6. The van der Waals surface area contributed by atoms with Crippen molar-refractivity contribution < 1.29 is 8.42 Å². The van der Waals surface area contributed by atoms with Crippen LogP contribution >= 0.6 is 0 Å². The molecule has 168 valence electrons. The smallest absolute Gasteiger partial charge is 0.210 e. The van der Waals surface area contributed by atoms with Gasteiger partial charge in [-0.3, -0.25) is 4.98 Å². The maximum atomic E-state index is 13.6. The number of sulfone groups is 1. The third-order valence-electron chi connectivity index (χ3n) is 6.35. The average molecular weight is 458 g/mol. The number of aromatic nitrogens is 1. The molecule has 5 nitrogen and oxygen atoms in total. The Kier molecular flexibility index (Phi) is 5.54. The van der Waals surface area contributed by atoms with E-state index in [9.17, 15) is 8.42 Å². The van der Waals surface area contributed by atoms with Crippen molar-refractivity contribution in [2.45, 2.75) is 23.6 Å². The summed E-state index contributed by atoms with van der Waals surface area (Å²) in [6.45, 7) is 7.38. The van der Waals surface area contributed by atoms with Gasteiger partial charge in [0.05, 0.1) is 16.1 Å². The number of pyridine rings is 1. The van der Waals surface area contributed by atoms with Crippen LogP contribution in [0.15, 0.2) is 88.8 Å². The van der Waals surface area contributed by atoms with Gasteiger partial charge in [0.2, 0.25) is 9.84 Å². The zero-order valence-corrected chi connectivity index (χ0v) is 19.7. The Morgan fingerprint density at radius 3 is 2.18 bits per heavy atom. The van der Waals surface area contributed by atoms with E-state index in [-0.39, 0.29) is 9.79 Å². The lowest BCUT2D eigenvalue weighted by Crippen LogP contribution is -2.47. The van der Waals surface area contributed by atoms with Gasteiger partial charge in [-0.05, 0) is 43.7 Å². The summed E-state index contributed by atoms with van der Waals surface area (Å²) in [5, 5.41) is 0.870. The van der Waals surface area contributed by atoms with Crippen LogP contribution < -0.4 is 9.80 Å². The summed E-state index contributed by atoms with van der Waals surface area (Å²) in [4.78, 5) is 9.65. The topological polar surface area (TPSA) is 53.5 Å². The Morgan fingerprint density at radius 1 is 0.788 bits per heavy atom. The number of fused-ring (bicyclic) bond motifs is 1. The molecule has 33 heavy (non-hydrogen) atoms. The Hall–Kier alpha value is -3.38. The number of hydrogen-bond acceptors (Lipinski definition) is 5. The molecule has 2 heterocycles. The van der Waals surface area contributed by atoms with Gasteiger partial charge < -0.3 is 9.80 Å². The summed E-state index contributed by atoms with van der Waals surface area (Å²) in [5.74, 6) is 0. The standard InChI is InChI=1S/C27H27N3O2S/c1-20-12-13-25(21(2)18-20)29-14-16-30(17-15-29)27-23-10-6-7-11-24(23)28-19-26(27)33(31,32)22-8-4-3-5-9-22/h3-13,18-19H,14-17H2,1-2H3. The van der Waals surface area contributed by atoms with Gasteiger partial charge in [0.1, 0.15) is 4.90 Å². The van der Waals surface area contributed by atoms with E-state index in [1.807, 2.05) is 30.3 Å². The Bertz CT molecular complexity index is 1410. The normalized spacial score (nSPS) is 14.6. The first-order valence-electron chi connectivity index (χ1n) is 11.2. The minimum atomic E-state index is -3.71. The molecule has 0 atom stereocenters. The highest BCUT2D eigenvalue weighted by Gasteiger charge is 2.29. The van der Waals surface area contributed by atoms with Gasteiger partial charge >= 0.3 is 0 Å². The summed E-state index contributed by atoms with van der Waals surface area (Å²) in [5.41, 5.74) is 5.33. The molecular formula is C27H27N3O2S. The minimum absolute atomic E-state index is 0.271. The summed E-state index contributed by atoms with van der Waals surface area (Å²) < 4.78 is 27.3. The molecule has 4 aromatic rings. The second-order valence-electron chi connectivity index (χ2n) is 8.57. The first-order valence-corrected chi connectivity index (χ1v) is 12.7. The summed E-state index contributed by atoms with van der Waals surface area (Å²) in [6, 6.07) is 22.9. The number of anilines is 2. The molecule has 5 rings (SSSR count). The molecule has 0 N–H and O–H groups in total. The number of rotatable bonds is 4. The van der Waals surface area contributed by atoms with Crippen LogP contribution in [0.3, 0.4) is 0 Å². The summed E-state index contributed by atoms with van der Waals surface area (Å²) in [7, 11) is -3.71. The van der Waals surface area contributed by atoms with Gasteiger partial charge in [0.15, 0.2) is 0 Å². The zero-order valence-electron chi connectivity index (χ0n) is 18.9. The maximum Gasteiger partial charge on any atom is 0.210 e. The van der Waals surface area contributed by atoms with Gasteiger partial charge in [-0.2, -0.15) is 0 Å². The van der Waals surface area contributed by atoms with E-state index in [1.54, 1.807) is 24.3 Å². The van der Waals surface area contributed by atoms with Gasteiger partial charge in [-0.1, -0.05) is 54.1 Å². The molecule has 0 radical (unpaired) electrons. The number of hydrogen-bond donors (Lipinski definition) is 0. The molecule has 6 heteroatoms. The van der Waals surface area contributed by atoms with E-state index in [4.69, 9.17) is 0 Å². The molecule has 0 amide bonds. The summed E-state index contributed by atoms with van der Waals surface area (Å²) in [6.07, 6.45) is 1.52. The highest BCUT2D eigenvalue weighted by molar-refractivity contribution is 7.91. The van der Waals surface area contributed by atoms with Gasteiger partial charge in [0.25, 0.3) is 0 Å². The van der Waals surface area contributed by atoms with E-state index < -0.39 is 9.84 Å². The molecule has 3 aromatic carbocycles. The number of aryl methyl sites for hydroxylation is 2. The van der Waals surface area contributed by atoms with Crippen molar-refractivity contribution in [2.75, 3.05) is 36.0 Å². The predicted molar refractivity (Wildman–Crippen MR) is 134 cm³/mol. The fourth-order valence-electron chi connectivity index (χ4n) is 4.69. The molecule has 1 aliphatic heterocycles. The van der Waals surface area contributed by atoms with Gasteiger partial charge in [0, 0.05) is 43.4 Å². The van der Waals surface area contributed by atoms with Crippen molar-refractivity contribution in [3.63, 3.8) is 0 Å². The highest BCUT2D eigenvalue weighted by atomic mass is 32.2. The highest BCUT2D eigenvalue weighted by Crippen LogP contribution is 2.36. The second-order valence-corrected chi connectivity index (χ2v) is 10.5. The van der Waals surface area contributed by atoms with Crippen molar-refractivity contribution in [1.82, 2.24) is 4.98 Å². The van der Waals surface area contributed by atoms with Crippen LogP contribution in [0.25, 0.3) is 10.9 Å². The Labute approximate surface area is 195 Å². The van der Waals surface area contributed by atoms with Crippen molar-refractivity contribution in [2.24, 2.45) is 0 Å². The second kappa shape index (κ2) is 8.52. The van der Waals surface area contributed by atoms with Gasteiger partial charge in [-0.25, -0.2) is 8.42 Å². The van der Waals surface area contributed by atoms with Crippen LogP contribution in [0, 0.1) is 13.8 Å². The van der Waals surface area contributed by atoms with Crippen LogP contribution in [0.1, 0.15) is 11.1 Å². The van der Waals surface area contributed by atoms with Crippen molar-refractivity contribution >= 4 is 32.1 Å². The van der Waals surface area contributed by atoms with E-state index >= 15 is 0 Å². The molecule has 0 unspecified atom stereocenters. The largest absolute Gasteiger partial charge is 0.368 e. The van der Waals surface area contributed by atoms with E-state index in [0.29, 0.717) is 0 Å². The Balaban J connectivity index is 1.55. The summed E-state index contributed by atoms with van der Waals surface area (Å²) >= 11 is 0. The molecule has 0 saturated carbocycles. The fourth-order valence-corrected chi connectivity index (χ4v) is 6.14. The first kappa shape index (κ1) is 21.5. The third-order valence-corrected chi connectivity index (χ3v) is 8.12. The number of piperazine rings is 1. The monoisotopic (exact) mass is 457 g/mol. The molecular weight excluding hydrogens is 430 g/mol. The molecule has 0 spiro atoms. The molecule has 1 fully saturated rings. The van der Waals surface area contributed by atoms with Gasteiger partial charge in [-0.15, -0.1) is 0 Å². The molecule has 0 aliphatic carbocycles. The lowest BCUT2D eigenvalue weighted by atomic mass is 10.1. The molecule has 1 aromatic heterocycles. The van der Waals surface area contributed by atoms with Crippen LogP contribution in [0.2, 0.25) is 0 Å². The number of para-hydroxylation sites is 1. The fraction of sp³-hybridized carbons (Fsp3) is 0.222. The van der Waals surface area contributed by atoms with Crippen LogP contribution in [-0.2, 0) is 9.84 Å². The molecule has 1 saturated heterocycles. The van der Waals surface area contributed by atoms with Crippen molar-refractivity contribution in [1.29, 1.82) is 0 Å². The lowest BCUT2D eigenvalue weighted by Gasteiger charge is -2.39. The first-order chi connectivity index (χ1) is 15.9. The number of nitrogens with zero attached hydrogens (tertiary/aromatic N) is 3. The quantitative estimate of drug-likeness (QED) is 0.431. The van der Waals surface area contributed by atoms with E-state index in [2.05, 4.69) is 46.8 Å². The molecule has 1 aliphatic rings. The van der Waals surface area contributed by atoms with E-state index in [1.165, 1.54) is 23.0 Å². The minimum Gasteiger partial charge on any atom is -0.368 e. The molecule has 0 bridgehead atoms. The number of benzene rings is 3. The average Bonchev–Trinajstić information content (AvgIpc) is 2.84. The van der Waals surface area contributed by atoms with Crippen molar-refractivity contribution in [3.8, 4) is 0 Å². The van der Waals surface area contributed by atoms with Crippen LogP contribution in [-0.4, -0.2) is 39.6 Å². The van der Waals surface area contributed by atoms with Crippen LogP contribution in [0.5, 0.6) is 0 Å². The Morgan fingerprint density at radius 2 is 1.45 bits per heavy atom. The van der Waals surface area contributed by atoms with Crippen molar-refractivity contribution in [3.05, 3.63) is 90.1 Å². The van der Waals surface area contributed by atoms with E-state index in [0.717, 1.165) is 42.8 Å². The lowest BCUT2D eigenvalue weighted by molar-refractivity contribution is 0.594. The predicted octanol–water partition coefficient (Wildman–Crippen LogP) is 5.01. The third kappa shape index (κ3) is 3.95. The van der Waals surface area contributed by atoms with Crippen LogP contribution in [0.4, 0.5) is 11.4 Å². The zero-order chi connectivity index (χ0) is 23.0. The SMILES string of the molecule is Cc1ccc(N2CCN(c3c(S(=O)(=O)c4ccccc4)cnc4ccccc34)CC2)c(C)c1.